The Labute approximate surface area is 157 Å². The lowest BCUT2D eigenvalue weighted by Gasteiger charge is -2.13. The van der Waals surface area contributed by atoms with Crippen molar-refractivity contribution in [3.05, 3.63) is 71.3 Å². The molecular formula is C20H18N4OS. The highest BCUT2D eigenvalue weighted by Gasteiger charge is 2.16. The highest BCUT2D eigenvalue weighted by molar-refractivity contribution is 7.98. The van der Waals surface area contributed by atoms with Gasteiger partial charge in [-0.3, -0.25) is 0 Å². The minimum absolute atomic E-state index is 0.283. The average molecular weight is 362 g/mol. The largest absolute Gasteiger partial charge is 0.472 e. The molecule has 0 fully saturated rings. The molecule has 0 radical (unpaired) electrons. The number of rotatable bonds is 6. The van der Waals surface area contributed by atoms with Crippen molar-refractivity contribution in [2.24, 2.45) is 0 Å². The molecule has 0 spiro atoms. The summed E-state index contributed by atoms with van der Waals surface area (Å²) in [7, 11) is 0. The monoisotopic (exact) mass is 362 g/mol. The van der Waals surface area contributed by atoms with Crippen molar-refractivity contribution in [3.63, 3.8) is 0 Å². The van der Waals surface area contributed by atoms with Gasteiger partial charge < -0.3 is 10.1 Å². The molecule has 0 atom stereocenters. The first-order chi connectivity index (χ1) is 12.7. The molecule has 6 heteroatoms. The molecular weight excluding hydrogens is 344 g/mol. The molecule has 0 aliphatic rings. The summed E-state index contributed by atoms with van der Waals surface area (Å²) in [5.41, 5.74) is 3.32. The Hall–Kier alpha value is -3.04. The number of hydrogen-bond donors (Lipinski definition) is 1. The van der Waals surface area contributed by atoms with Crippen LogP contribution in [0.15, 0.2) is 59.8 Å². The van der Waals surface area contributed by atoms with Gasteiger partial charge in [-0.1, -0.05) is 59.8 Å². The number of nitrogens with one attached hydrogen (secondary N) is 1. The molecule has 0 saturated heterocycles. The van der Waals surface area contributed by atoms with Crippen LogP contribution in [0.25, 0.3) is 0 Å². The molecule has 0 aliphatic heterocycles. The summed E-state index contributed by atoms with van der Waals surface area (Å²) in [6, 6.07) is 19.8. The number of nitrogens with zero attached hydrogens (tertiary/aromatic N) is 3. The van der Waals surface area contributed by atoms with E-state index in [9.17, 15) is 5.26 Å². The van der Waals surface area contributed by atoms with Crippen LogP contribution in [0.3, 0.4) is 0 Å². The first-order valence-electron chi connectivity index (χ1n) is 8.06. The molecule has 0 aliphatic carbocycles. The lowest BCUT2D eigenvalue weighted by atomic mass is 10.2. The fourth-order valence-corrected chi connectivity index (χ4v) is 2.66. The quantitative estimate of drug-likeness (QED) is 0.506. The number of anilines is 2. The summed E-state index contributed by atoms with van der Waals surface area (Å²) in [4.78, 5) is 8.79. The second kappa shape index (κ2) is 8.37. The number of nitriles is 1. The van der Waals surface area contributed by atoms with Crippen LogP contribution in [0.5, 0.6) is 5.88 Å². The second-order valence-corrected chi connectivity index (χ2v) is 6.39. The summed E-state index contributed by atoms with van der Waals surface area (Å²) in [6.07, 6.45) is 1.89. The predicted molar refractivity (Wildman–Crippen MR) is 104 cm³/mol. The third-order valence-corrected chi connectivity index (χ3v) is 4.23. The van der Waals surface area contributed by atoms with Gasteiger partial charge in [-0.05, 0) is 30.9 Å². The van der Waals surface area contributed by atoms with Crippen LogP contribution in [-0.4, -0.2) is 16.2 Å². The number of aromatic nitrogens is 2. The number of aryl methyl sites for hydroxylation is 1. The topological polar surface area (TPSA) is 70.8 Å². The van der Waals surface area contributed by atoms with Gasteiger partial charge in [0.25, 0.3) is 0 Å². The van der Waals surface area contributed by atoms with Crippen molar-refractivity contribution >= 4 is 23.3 Å². The molecule has 1 aromatic heterocycles. The Morgan fingerprint density at radius 2 is 1.81 bits per heavy atom. The zero-order chi connectivity index (χ0) is 18.4. The molecule has 1 N–H and O–H groups in total. The summed E-state index contributed by atoms with van der Waals surface area (Å²) in [6.45, 7) is 2.36. The average Bonchev–Trinajstić information content (AvgIpc) is 2.68. The molecule has 130 valence electrons. The highest BCUT2D eigenvalue weighted by atomic mass is 32.2. The van der Waals surface area contributed by atoms with E-state index in [4.69, 9.17) is 4.74 Å². The molecule has 2 aromatic carbocycles. The van der Waals surface area contributed by atoms with E-state index in [0.717, 1.165) is 16.8 Å². The molecule has 0 unspecified atom stereocenters. The van der Waals surface area contributed by atoms with Crippen LogP contribution in [0, 0.1) is 18.3 Å². The van der Waals surface area contributed by atoms with E-state index in [-0.39, 0.29) is 5.88 Å². The van der Waals surface area contributed by atoms with Crippen LogP contribution in [0.1, 0.15) is 16.7 Å². The Kier molecular flexibility index (Phi) is 5.72. The number of hydrogen-bond acceptors (Lipinski definition) is 6. The van der Waals surface area contributed by atoms with Gasteiger partial charge in [0.15, 0.2) is 16.5 Å². The maximum Gasteiger partial charge on any atom is 0.238 e. The van der Waals surface area contributed by atoms with Gasteiger partial charge in [-0.2, -0.15) is 10.2 Å². The van der Waals surface area contributed by atoms with Crippen LogP contribution < -0.4 is 10.1 Å². The highest BCUT2D eigenvalue weighted by Crippen LogP contribution is 2.28. The van der Waals surface area contributed by atoms with E-state index in [0.29, 0.717) is 23.1 Å². The molecule has 0 amide bonds. The Bertz CT molecular complexity index is 921. The van der Waals surface area contributed by atoms with Crippen molar-refractivity contribution < 1.29 is 4.74 Å². The normalized spacial score (nSPS) is 10.2. The summed E-state index contributed by atoms with van der Waals surface area (Å²) < 4.78 is 5.83. The maximum absolute atomic E-state index is 9.63. The van der Waals surface area contributed by atoms with E-state index in [2.05, 4.69) is 21.4 Å². The van der Waals surface area contributed by atoms with Gasteiger partial charge in [0.2, 0.25) is 5.88 Å². The first kappa shape index (κ1) is 17.8. The smallest absolute Gasteiger partial charge is 0.238 e. The van der Waals surface area contributed by atoms with Gasteiger partial charge in [-0.15, -0.1) is 0 Å². The second-order valence-electron chi connectivity index (χ2n) is 5.62. The van der Waals surface area contributed by atoms with Crippen molar-refractivity contribution in [3.8, 4) is 11.9 Å². The lowest BCUT2D eigenvalue weighted by Crippen LogP contribution is -2.06. The summed E-state index contributed by atoms with van der Waals surface area (Å²) in [5.74, 6) is 0.726. The molecule has 0 bridgehead atoms. The van der Waals surface area contributed by atoms with Crippen LogP contribution >= 0.6 is 11.8 Å². The predicted octanol–water partition coefficient (Wildman–Crippen LogP) is 4.70. The third kappa shape index (κ3) is 4.32. The Morgan fingerprint density at radius 3 is 2.46 bits per heavy atom. The van der Waals surface area contributed by atoms with E-state index >= 15 is 0 Å². The number of ether oxygens (including phenoxy) is 1. The molecule has 1 heterocycles. The standard InChI is InChI=1S/C20H18N4OS/c1-14-8-10-16(11-9-14)22-18-17(12-21)19(24-20(23-18)26-2)25-13-15-6-4-3-5-7-15/h3-11H,13H2,1-2H3,(H,22,23,24). The first-order valence-corrected chi connectivity index (χ1v) is 9.28. The molecule has 3 aromatic rings. The van der Waals surface area contributed by atoms with Crippen molar-refractivity contribution in [1.29, 1.82) is 5.26 Å². The van der Waals surface area contributed by atoms with Crippen molar-refractivity contribution in [1.82, 2.24) is 9.97 Å². The van der Waals surface area contributed by atoms with Crippen LogP contribution in [0.2, 0.25) is 0 Å². The maximum atomic E-state index is 9.63. The van der Waals surface area contributed by atoms with E-state index < -0.39 is 0 Å². The fraction of sp³-hybridized carbons (Fsp3) is 0.150. The van der Waals surface area contributed by atoms with Gasteiger partial charge in [0, 0.05) is 5.69 Å². The SMILES string of the molecule is CSc1nc(Nc2ccc(C)cc2)c(C#N)c(OCc2ccccc2)n1. The van der Waals surface area contributed by atoms with Crippen molar-refractivity contribution in [2.45, 2.75) is 18.7 Å². The molecule has 3 rings (SSSR count). The van der Waals surface area contributed by atoms with Crippen molar-refractivity contribution in [2.75, 3.05) is 11.6 Å². The molecule has 0 saturated carbocycles. The molecule has 5 nitrogen and oxygen atoms in total. The van der Waals surface area contributed by atoms with Crippen LogP contribution in [-0.2, 0) is 6.61 Å². The van der Waals surface area contributed by atoms with Gasteiger partial charge in [0.05, 0.1) is 0 Å². The Morgan fingerprint density at radius 1 is 1.08 bits per heavy atom. The fourth-order valence-electron chi connectivity index (χ4n) is 2.31. The van der Waals surface area contributed by atoms with Gasteiger partial charge in [-0.25, -0.2) is 4.98 Å². The molecule has 26 heavy (non-hydrogen) atoms. The van der Waals surface area contributed by atoms with Gasteiger partial charge >= 0.3 is 0 Å². The third-order valence-electron chi connectivity index (χ3n) is 3.68. The Balaban J connectivity index is 1.91. The number of thioether (sulfide) groups is 1. The zero-order valence-corrected chi connectivity index (χ0v) is 15.4. The summed E-state index contributed by atoms with van der Waals surface area (Å²) in [5, 5.41) is 13.4. The number of benzene rings is 2. The minimum atomic E-state index is 0.283. The zero-order valence-electron chi connectivity index (χ0n) is 14.6. The van der Waals surface area contributed by atoms with E-state index in [1.165, 1.54) is 11.8 Å². The summed E-state index contributed by atoms with van der Waals surface area (Å²) >= 11 is 1.40. The van der Waals surface area contributed by atoms with E-state index in [1.807, 2.05) is 67.8 Å². The van der Waals surface area contributed by atoms with E-state index in [1.54, 1.807) is 0 Å². The minimum Gasteiger partial charge on any atom is -0.472 e. The van der Waals surface area contributed by atoms with Crippen LogP contribution in [0.4, 0.5) is 11.5 Å². The lowest BCUT2D eigenvalue weighted by molar-refractivity contribution is 0.290. The van der Waals surface area contributed by atoms with Gasteiger partial charge in [0.1, 0.15) is 12.7 Å².